The van der Waals surface area contributed by atoms with Gasteiger partial charge in [-0.2, -0.15) is 13.2 Å². The van der Waals surface area contributed by atoms with Crippen LogP contribution in [-0.4, -0.2) is 24.0 Å². The zero-order chi connectivity index (χ0) is 14.0. The Kier molecular flexibility index (Phi) is 3.64. The lowest BCUT2D eigenvalue weighted by Gasteiger charge is -2.29. The lowest BCUT2D eigenvalue weighted by atomic mass is 10.1. The van der Waals surface area contributed by atoms with Gasteiger partial charge in [0.05, 0.1) is 5.56 Å². The van der Waals surface area contributed by atoms with E-state index in [1.165, 1.54) is 0 Å². The van der Waals surface area contributed by atoms with E-state index in [9.17, 15) is 18.0 Å². The standard InChI is InChI=1S/C12H14F3N3O/c13-12(14,15)9-5-4-8(10(16)19)11(17-9)18-6-2-1-3-7-18/h4-5H,1-3,6-7H2,(H2,16,19). The van der Waals surface area contributed by atoms with E-state index in [1.807, 2.05) is 0 Å². The molecule has 104 valence electrons. The fourth-order valence-corrected chi connectivity index (χ4v) is 2.15. The molecule has 0 atom stereocenters. The predicted molar refractivity (Wildman–Crippen MR) is 63.8 cm³/mol. The van der Waals surface area contributed by atoms with Crippen LogP contribution in [0, 0.1) is 0 Å². The van der Waals surface area contributed by atoms with Crippen molar-refractivity contribution in [1.82, 2.24) is 4.98 Å². The number of carbonyl (C=O) groups excluding carboxylic acids is 1. The van der Waals surface area contributed by atoms with Gasteiger partial charge in [-0.25, -0.2) is 4.98 Å². The first kappa shape index (κ1) is 13.6. The Hall–Kier alpha value is -1.79. The summed E-state index contributed by atoms with van der Waals surface area (Å²) in [7, 11) is 0. The van der Waals surface area contributed by atoms with Gasteiger partial charge in [-0.1, -0.05) is 0 Å². The third kappa shape index (κ3) is 2.97. The Bertz CT molecular complexity index is 482. The maximum Gasteiger partial charge on any atom is 0.433 e. The number of carbonyl (C=O) groups is 1. The lowest BCUT2D eigenvalue weighted by molar-refractivity contribution is -0.141. The van der Waals surface area contributed by atoms with Gasteiger partial charge in [0.1, 0.15) is 11.5 Å². The molecule has 2 heterocycles. The van der Waals surface area contributed by atoms with Crippen LogP contribution in [0.25, 0.3) is 0 Å². The van der Waals surface area contributed by atoms with Crippen molar-refractivity contribution in [2.75, 3.05) is 18.0 Å². The number of piperidine rings is 1. The highest BCUT2D eigenvalue weighted by atomic mass is 19.4. The Labute approximate surface area is 108 Å². The zero-order valence-electron chi connectivity index (χ0n) is 10.2. The smallest absolute Gasteiger partial charge is 0.365 e. The number of aromatic nitrogens is 1. The minimum absolute atomic E-state index is 0.0369. The Balaban J connectivity index is 2.44. The first-order valence-electron chi connectivity index (χ1n) is 6.02. The van der Waals surface area contributed by atoms with Crippen molar-refractivity contribution in [2.24, 2.45) is 5.73 Å². The molecule has 2 N–H and O–H groups in total. The number of alkyl halides is 3. The summed E-state index contributed by atoms with van der Waals surface area (Å²) in [5.74, 6) is -0.719. The fraction of sp³-hybridized carbons (Fsp3) is 0.500. The van der Waals surface area contributed by atoms with E-state index in [0.29, 0.717) is 13.1 Å². The summed E-state index contributed by atoms with van der Waals surface area (Å²) < 4.78 is 38.0. The van der Waals surface area contributed by atoms with Crippen LogP contribution in [-0.2, 0) is 6.18 Å². The minimum atomic E-state index is -4.53. The molecule has 19 heavy (non-hydrogen) atoms. The van der Waals surface area contributed by atoms with Gasteiger partial charge < -0.3 is 10.6 Å². The SMILES string of the molecule is NC(=O)c1ccc(C(F)(F)F)nc1N1CCCCC1. The second-order valence-corrected chi connectivity index (χ2v) is 4.48. The molecule has 0 unspecified atom stereocenters. The normalized spacial score (nSPS) is 16.5. The number of hydrogen-bond acceptors (Lipinski definition) is 3. The molecule has 1 amide bonds. The maximum absolute atomic E-state index is 12.7. The molecule has 0 aliphatic carbocycles. The molecule has 4 nitrogen and oxygen atoms in total. The van der Waals surface area contributed by atoms with Crippen molar-refractivity contribution in [3.05, 3.63) is 23.4 Å². The molecule has 1 fully saturated rings. The third-order valence-corrected chi connectivity index (χ3v) is 3.09. The number of amides is 1. The van der Waals surface area contributed by atoms with Gasteiger partial charge in [0, 0.05) is 13.1 Å². The van der Waals surface area contributed by atoms with Crippen LogP contribution in [0.3, 0.4) is 0 Å². The zero-order valence-corrected chi connectivity index (χ0v) is 10.2. The van der Waals surface area contributed by atoms with Crippen molar-refractivity contribution in [1.29, 1.82) is 0 Å². The molecule has 0 spiro atoms. The molecule has 0 radical (unpaired) electrons. The molecule has 2 rings (SSSR count). The third-order valence-electron chi connectivity index (χ3n) is 3.09. The summed E-state index contributed by atoms with van der Waals surface area (Å²) in [6.45, 7) is 1.18. The van der Waals surface area contributed by atoms with E-state index < -0.39 is 17.8 Å². The lowest BCUT2D eigenvalue weighted by Crippen LogP contribution is -2.33. The molecule has 0 bridgehead atoms. The first-order valence-corrected chi connectivity index (χ1v) is 6.02. The van der Waals surface area contributed by atoms with Crippen LogP contribution >= 0.6 is 0 Å². The number of primary amides is 1. The second-order valence-electron chi connectivity index (χ2n) is 4.48. The maximum atomic E-state index is 12.7. The molecule has 0 saturated carbocycles. The van der Waals surface area contributed by atoms with Crippen LogP contribution < -0.4 is 10.6 Å². The van der Waals surface area contributed by atoms with E-state index in [-0.39, 0.29) is 11.4 Å². The van der Waals surface area contributed by atoms with E-state index >= 15 is 0 Å². The number of pyridine rings is 1. The van der Waals surface area contributed by atoms with Gasteiger partial charge >= 0.3 is 6.18 Å². The van der Waals surface area contributed by atoms with E-state index in [4.69, 9.17) is 5.73 Å². The van der Waals surface area contributed by atoms with Crippen LogP contribution in [0.15, 0.2) is 12.1 Å². The molecule has 1 aliphatic rings. The Morgan fingerprint density at radius 1 is 1.21 bits per heavy atom. The second kappa shape index (κ2) is 5.07. The van der Waals surface area contributed by atoms with Gasteiger partial charge in [0.15, 0.2) is 0 Å². The van der Waals surface area contributed by atoms with Crippen molar-refractivity contribution in [2.45, 2.75) is 25.4 Å². The quantitative estimate of drug-likeness (QED) is 0.898. The van der Waals surface area contributed by atoms with Crippen molar-refractivity contribution < 1.29 is 18.0 Å². The Morgan fingerprint density at radius 2 is 1.84 bits per heavy atom. The first-order chi connectivity index (χ1) is 8.89. The van der Waals surface area contributed by atoms with Crippen LogP contribution in [0.1, 0.15) is 35.3 Å². The van der Waals surface area contributed by atoms with E-state index in [0.717, 1.165) is 31.4 Å². The summed E-state index contributed by atoms with van der Waals surface area (Å²) >= 11 is 0. The topological polar surface area (TPSA) is 59.2 Å². The summed E-state index contributed by atoms with van der Waals surface area (Å²) in [6, 6.07) is 1.88. The van der Waals surface area contributed by atoms with Crippen LogP contribution in [0.2, 0.25) is 0 Å². The highest BCUT2D eigenvalue weighted by molar-refractivity contribution is 5.97. The average Bonchev–Trinajstić information content (AvgIpc) is 2.38. The monoisotopic (exact) mass is 273 g/mol. The fourth-order valence-electron chi connectivity index (χ4n) is 2.15. The summed E-state index contributed by atoms with van der Waals surface area (Å²) in [5.41, 5.74) is 4.23. The number of nitrogens with zero attached hydrogens (tertiary/aromatic N) is 2. The number of halogens is 3. The van der Waals surface area contributed by atoms with Gasteiger partial charge in [-0.05, 0) is 31.4 Å². The van der Waals surface area contributed by atoms with Crippen molar-refractivity contribution in [3.8, 4) is 0 Å². The van der Waals surface area contributed by atoms with Crippen molar-refractivity contribution >= 4 is 11.7 Å². The van der Waals surface area contributed by atoms with Crippen LogP contribution in [0.5, 0.6) is 0 Å². The molecule has 1 aliphatic heterocycles. The summed E-state index contributed by atoms with van der Waals surface area (Å²) in [5, 5.41) is 0. The van der Waals surface area contributed by atoms with E-state index in [2.05, 4.69) is 4.98 Å². The van der Waals surface area contributed by atoms with Gasteiger partial charge in [-0.15, -0.1) is 0 Å². The van der Waals surface area contributed by atoms with Gasteiger partial charge in [0.25, 0.3) is 5.91 Å². The number of nitrogens with two attached hydrogens (primary N) is 1. The molecule has 7 heteroatoms. The molecule has 1 aromatic rings. The summed E-state index contributed by atoms with van der Waals surface area (Å²) in [4.78, 5) is 16.6. The highest BCUT2D eigenvalue weighted by Crippen LogP contribution is 2.31. The number of rotatable bonds is 2. The van der Waals surface area contributed by atoms with E-state index in [1.54, 1.807) is 4.90 Å². The highest BCUT2D eigenvalue weighted by Gasteiger charge is 2.34. The number of hydrogen-bond donors (Lipinski definition) is 1. The molecular formula is C12H14F3N3O. The molecular weight excluding hydrogens is 259 g/mol. The van der Waals surface area contributed by atoms with Gasteiger partial charge in [0.2, 0.25) is 0 Å². The molecule has 1 aromatic heterocycles. The van der Waals surface area contributed by atoms with Crippen molar-refractivity contribution in [3.63, 3.8) is 0 Å². The average molecular weight is 273 g/mol. The Morgan fingerprint density at radius 3 is 2.37 bits per heavy atom. The van der Waals surface area contributed by atoms with Crippen LogP contribution in [0.4, 0.5) is 19.0 Å². The largest absolute Gasteiger partial charge is 0.433 e. The van der Waals surface area contributed by atoms with Gasteiger partial charge in [-0.3, -0.25) is 4.79 Å². The summed E-state index contributed by atoms with van der Waals surface area (Å²) in [6.07, 6.45) is -1.76. The molecule has 1 saturated heterocycles. The number of anilines is 1. The minimum Gasteiger partial charge on any atom is -0.365 e. The predicted octanol–water partition coefficient (Wildman–Crippen LogP) is 2.19. The molecule has 0 aromatic carbocycles.